The molecule has 0 spiro atoms. The van der Waals surface area contributed by atoms with Crippen molar-refractivity contribution in [1.29, 1.82) is 0 Å². The van der Waals surface area contributed by atoms with Gasteiger partial charge in [0.05, 0.1) is 6.54 Å². The van der Waals surface area contributed by atoms with Crippen molar-refractivity contribution < 1.29 is 8.42 Å². The summed E-state index contributed by atoms with van der Waals surface area (Å²) < 4.78 is 26.5. The molecule has 2 aromatic heterocycles. The van der Waals surface area contributed by atoms with E-state index < -0.39 is 10.0 Å². The molecule has 0 aromatic carbocycles. The molecule has 2 aromatic rings. The first-order chi connectivity index (χ1) is 10.0. The number of hydrogen-bond acceptors (Lipinski definition) is 6. The van der Waals surface area contributed by atoms with Gasteiger partial charge in [0.1, 0.15) is 0 Å². The van der Waals surface area contributed by atoms with Gasteiger partial charge in [-0.2, -0.15) is 0 Å². The van der Waals surface area contributed by atoms with Crippen LogP contribution in [0.15, 0.2) is 33.5 Å². The van der Waals surface area contributed by atoms with E-state index in [4.69, 9.17) is 0 Å². The van der Waals surface area contributed by atoms with Crippen LogP contribution in [0.25, 0.3) is 0 Å². The Labute approximate surface area is 126 Å². The van der Waals surface area contributed by atoms with Crippen LogP contribution < -0.4 is 14.9 Å². The average molecular weight is 328 g/mol. The average Bonchev–Trinajstić information content (AvgIpc) is 2.89. The second-order valence-corrected chi connectivity index (χ2v) is 6.84. The minimum absolute atomic E-state index is 0.0297. The first-order valence-corrected chi connectivity index (χ1v) is 8.69. The molecule has 0 aliphatic heterocycles. The Balaban J connectivity index is 2.03. The molecule has 0 unspecified atom stereocenters. The van der Waals surface area contributed by atoms with E-state index in [1.165, 1.54) is 12.3 Å². The van der Waals surface area contributed by atoms with Crippen LogP contribution in [-0.4, -0.2) is 24.9 Å². The lowest BCUT2D eigenvalue weighted by molar-refractivity contribution is 0.576. The lowest BCUT2D eigenvalue weighted by Gasteiger charge is -2.06. The van der Waals surface area contributed by atoms with Crippen molar-refractivity contribution in [3.8, 4) is 0 Å². The van der Waals surface area contributed by atoms with Crippen LogP contribution >= 0.6 is 11.3 Å². The number of sulfonamides is 1. The summed E-state index contributed by atoms with van der Waals surface area (Å²) in [7, 11) is -3.69. The molecular weight excluding hydrogens is 312 g/mol. The van der Waals surface area contributed by atoms with Crippen LogP contribution in [0, 0.1) is 0 Å². The van der Waals surface area contributed by atoms with Gasteiger partial charge in [0.15, 0.2) is 5.03 Å². The molecule has 0 atom stereocenters. The Morgan fingerprint density at radius 1 is 1.33 bits per heavy atom. The normalized spacial score (nSPS) is 11.7. The number of thiazole rings is 1. The van der Waals surface area contributed by atoms with Gasteiger partial charge in [-0.25, -0.2) is 18.1 Å². The highest BCUT2D eigenvalue weighted by Crippen LogP contribution is 2.07. The third-order valence-electron chi connectivity index (χ3n) is 2.68. The van der Waals surface area contributed by atoms with Crippen molar-refractivity contribution in [2.75, 3.05) is 6.54 Å². The van der Waals surface area contributed by atoms with Crippen LogP contribution in [0.2, 0.25) is 0 Å². The van der Waals surface area contributed by atoms with Gasteiger partial charge in [-0.05, 0) is 18.2 Å². The number of pyridine rings is 1. The summed E-state index contributed by atoms with van der Waals surface area (Å²) in [5.41, 5.74) is 1.44. The Hall–Kier alpha value is -1.55. The van der Waals surface area contributed by atoms with Crippen molar-refractivity contribution in [3.05, 3.63) is 44.6 Å². The lowest BCUT2D eigenvalue weighted by atomic mass is 10.3. The molecule has 0 amide bonds. The summed E-state index contributed by atoms with van der Waals surface area (Å²) in [6.45, 7) is 3.50. The van der Waals surface area contributed by atoms with Crippen molar-refractivity contribution in [1.82, 2.24) is 20.0 Å². The summed E-state index contributed by atoms with van der Waals surface area (Å²) in [4.78, 5) is 17.3. The van der Waals surface area contributed by atoms with Crippen LogP contribution in [0.1, 0.15) is 18.2 Å². The van der Waals surface area contributed by atoms with Gasteiger partial charge in [-0.15, -0.1) is 0 Å². The molecule has 0 saturated carbocycles. The smallest absolute Gasteiger partial charge is 0.304 e. The van der Waals surface area contributed by atoms with Crippen LogP contribution in [-0.2, 0) is 23.1 Å². The van der Waals surface area contributed by atoms with E-state index in [0.29, 0.717) is 12.2 Å². The van der Waals surface area contributed by atoms with Crippen molar-refractivity contribution >= 4 is 21.4 Å². The minimum Gasteiger partial charge on any atom is -0.315 e. The maximum absolute atomic E-state index is 12.1. The van der Waals surface area contributed by atoms with Crippen LogP contribution in [0.5, 0.6) is 0 Å². The summed E-state index contributed by atoms with van der Waals surface area (Å²) in [5, 5.41) is 4.67. The number of nitrogens with zero attached hydrogens (tertiary/aromatic N) is 1. The topological polar surface area (TPSA) is 104 Å². The van der Waals surface area contributed by atoms with Gasteiger partial charge in [0.25, 0.3) is 10.0 Å². The maximum Gasteiger partial charge on any atom is 0.304 e. The predicted octanol–water partition coefficient (Wildman–Crippen LogP) is 0.419. The largest absolute Gasteiger partial charge is 0.315 e. The van der Waals surface area contributed by atoms with E-state index in [0.717, 1.165) is 23.4 Å². The minimum atomic E-state index is -3.69. The molecule has 0 saturated heterocycles. The molecule has 0 bridgehead atoms. The first kappa shape index (κ1) is 15.8. The number of hydrogen-bond donors (Lipinski definition) is 3. The van der Waals surface area contributed by atoms with Crippen molar-refractivity contribution in [2.45, 2.75) is 25.0 Å². The molecule has 0 radical (unpaired) electrons. The quantitative estimate of drug-likeness (QED) is 0.683. The molecule has 0 fully saturated rings. The van der Waals surface area contributed by atoms with Gasteiger partial charge in [0, 0.05) is 23.8 Å². The third kappa shape index (κ3) is 4.46. The maximum atomic E-state index is 12.1. The summed E-state index contributed by atoms with van der Waals surface area (Å²) in [6.07, 6.45) is 1.53. The fraction of sp³-hybridized carbons (Fsp3) is 0.333. The van der Waals surface area contributed by atoms with Crippen LogP contribution in [0.4, 0.5) is 0 Å². The summed E-state index contributed by atoms with van der Waals surface area (Å²) in [6, 6.07) is 3.18. The fourth-order valence-electron chi connectivity index (χ4n) is 1.59. The summed E-state index contributed by atoms with van der Waals surface area (Å²) >= 11 is 0.992. The van der Waals surface area contributed by atoms with Crippen molar-refractivity contribution in [3.63, 3.8) is 0 Å². The Morgan fingerprint density at radius 2 is 2.14 bits per heavy atom. The van der Waals surface area contributed by atoms with Crippen LogP contribution in [0.3, 0.4) is 0 Å². The molecule has 114 valence electrons. The summed E-state index contributed by atoms with van der Waals surface area (Å²) in [5.74, 6) is 0. The lowest BCUT2D eigenvalue weighted by Crippen LogP contribution is -2.24. The number of nitrogens with one attached hydrogen (secondary N) is 3. The van der Waals surface area contributed by atoms with E-state index in [2.05, 4.69) is 20.0 Å². The van der Waals surface area contributed by atoms with E-state index in [1.807, 2.05) is 6.92 Å². The zero-order valence-corrected chi connectivity index (χ0v) is 13.1. The van der Waals surface area contributed by atoms with Gasteiger partial charge in [0.2, 0.25) is 0 Å². The van der Waals surface area contributed by atoms with Gasteiger partial charge >= 0.3 is 4.87 Å². The number of rotatable bonds is 7. The highest BCUT2D eigenvalue weighted by Gasteiger charge is 2.15. The molecule has 0 aliphatic carbocycles. The van der Waals surface area contributed by atoms with Gasteiger partial charge in [-0.3, -0.25) is 4.79 Å². The van der Waals surface area contributed by atoms with E-state index in [-0.39, 0.29) is 16.4 Å². The third-order valence-corrected chi connectivity index (χ3v) is 4.71. The zero-order chi connectivity index (χ0) is 15.3. The van der Waals surface area contributed by atoms with E-state index in [1.54, 1.807) is 11.4 Å². The van der Waals surface area contributed by atoms with Gasteiger partial charge in [-0.1, -0.05) is 24.3 Å². The molecule has 9 heteroatoms. The second kappa shape index (κ2) is 6.94. The molecule has 7 nitrogen and oxygen atoms in total. The highest BCUT2D eigenvalue weighted by atomic mass is 32.2. The van der Waals surface area contributed by atoms with E-state index >= 15 is 0 Å². The number of H-pyrrole nitrogens is 1. The van der Waals surface area contributed by atoms with E-state index in [9.17, 15) is 13.2 Å². The predicted molar refractivity (Wildman–Crippen MR) is 80.6 cm³/mol. The zero-order valence-electron chi connectivity index (χ0n) is 11.4. The molecule has 0 aliphatic rings. The SMILES string of the molecule is CCNCc1ccc(S(=O)(=O)NCc2csc(=O)[nH]2)nc1. The van der Waals surface area contributed by atoms with Gasteiger partial charge < -0.3 is 10.3 Å². The highest BCUT2D eigenvalue weighted by molar-refractivity contribution is 7.89. The number of aromatic amines is 1. The Kier molecular flexibility index (Phi) is 5.23. The molecule has 2 rings (SSSR count). The molecular formula is C12H16N4O3S2. The molecule has 2 heterocycles. The van der Waals surface area contributed by atoms with Crippen molar-refractivity contribution in [2.24, 2.45) is 0 Å². The Bertz CT molecular complexity index is 734. The Morgan fingerprint density at radius 3 is 2.71 bits per heavy atom. The number of aromatic nitrogens is 2. The standard InChI is InChI=1S/C12H16N4O3S2/c1-2-13-5-9-3-4-11(14-6-9)21(18,19)15-7-10-8-20-12(17)16-10/h3-4,6,8,13,15H,2,5,7H2,1H3,(H,16,17). The monoisotopic (exact) mass is 328 g/mol. The fourth-order valence-corrected chi connectivity index (χ4v) is 3.10. The molecule has 3 N–H and O–H groups in total. The first-order valence-electron chi connectivity index (χ1n) is 6.33. The molecule has 21 heavy (non-hydrogen) atoms. The second-order valence-electron chi connectivity index (χ2n) is 4.28.